The maximum atomic E-state index is 13.5. The van der Waals surface area contributed by atoms with Crippen LogP contribution in [0.1, 0.15) is 29.0 Å². The minimum Gasteiger partial charge on any atom is -0.395 e. The lowest BCUT2D eigenvalue weighted by atomic mass is 9.85. The number of aliphatic hydroxyl groups is 1. The van der Waals surface area contributed by atoms with Gasteiger partial charge in [-0.25, -0.2) is 9.18 Å². The van der Waals surface area contributed by atoms with E-state index in [-0.39, 0.29) is 31.0 Å². The number of anilines is 1. The summed E-state index contributed by atoms with van der Waals surface area (Å²) in [5.74, 6) is -0.784. The lowest BCUT2D eigenvalue weighted by molar-refractivity contribution is -0.143. The molecule has 2 aromatic carbocycles. The average Bonchev–Trinajstić information content (AvgIpc) is 2.82. The number of amides is 2. The van der Waals surface area contributed by atoms with Gasteiger partial charge in [0.25, 0.3) is 0 Å². The Balaban J connectivity index is 0.00000481. The van der Waals surface area contributed by atoms with Crippen LogP contribution in [0.2, 0.25) is 0 Å². The van der Waals surface area contributed by atoms with Crippen LogP contribution in [-0.4, -0.2) is 67.3 Å². The second-order valence-corrected chi connectivity index (χ2v) is 8.75. The van der Waals surface area contributed by atoms with Crippen LogP contribution in [0, 0.1) is 5.82 Å². The number of urea groups is 1. The molecule has 1 aliphatic heterocycles. The van der Waals surface area contributed by atoms with Crippen molar-refractivity contribution in [2.45, 2.75) is 30.7 Å². The summed E-state index contributed by atoms with van der Waals surface area (Å²) >= 11 is 0. The van der Waals surface area contributed by atoms with E-state index in [1.54, 1.807) is 12.1 Å². The Morgan fingerprint density at radius 2 is 1.54 bits per heavy atom. The van der Waals surface area contributed by atoms with Crippen molar-refractivity contribution in [3.8, 4) is 0 Å². The molecule has 5 nitrogen and oxygen atoms in total. The zero-order valence-corrected chi connectivity index (χ0v) is 20.8. The smallest absolute Gasteiger partial charge is 0.395 e. The van der Waals surface area contributed by atoms with Crippen LogP contribution in [-0.2, 0) is 12.4 Å². The van der Waals surface area contributed by atoms with Gasteiger partial charge in [-0.15, -0.1) is 12.4 Å². The molecule has 0 bridgehead atoms. The number of rotatable bonds is 5. The number of hydrogen-bond donors (Lipinski definition) is 1. The molecule has 0 aromatic heterocycles. The first-order valence-corrected chi connectivity index (χ1v) is 11.1. The molecular formula is C24H27ClF7N3O2. The SMILES string of the molecule is CN(C(=O)N(C)[C@@H]1CCN(CCO)C[C@H]1c1ccc(F)cc1)c1cc(C(F)(F)F)cc(C(F)(F)F)c1.Cl. The number of benzene rings is 2. The van der Waals surface area contributed by atoms with Crippen LogP contribution in [0.4, 0.5) is 41.2 Å². The molecule has 1 heterocycles. The Morgan fingerprint density at radius 3 is 2.03 bits per heavy atom. The second-order valence-electron chi connectivity index (χ2n) is 8.75. The van der Waals surface area contributed by atoms with Gasteiger partial charge in [-0.05, 0) is 42.3 Å². The van der Waals surface area contributed by atoms with Crippen molar-refractivity contribution >= 4 is 24.1 Å². The molecule has 0 spiro atoms. The first kappa shape index (κ1) is 30.7. The summed E-state index contributed by atoms with van der Waals surface area (Å²) in [6.07, 6.45) is -9.66. The average molecular weight is 558 g/mol. The fourth-order valence-corrected chi connectivity index (χ4v) is 4.47. The van der Waals surface area contributed by atoms with E-state index in [1.165, 1.54) is 24.1 Å². The number of aliphatic hydroxyl groups excluding tert-OH is 1. The fraction of sp³-hybridized carbons (Fsp3) is 0.458. The largest absolute Gasteiger partial charge is 0.416 e. The van der Waals surface area contributed by atoms with E-state index < -0.39 is 47.1 Å². The predicted molar refractivity (Wildman–Crippen MR) is 126 cm³/mol. The normalized spacial score (nSPS) is 18.8. The minimum absolute atomic E-state index is 0. The summed E-state index contributed by atoms with van der Waals surface area (Å²) in [7, 11) is 2.54. The quantitative estimate of drug-likeness (QED) is 0.485. The summed E-state index contributed by atoms with van der Waals surface area (Å²) in [6, 6.07) is 5.42. The van der Waals surface area contributed by atoms with E-state index in [0.29, 0.717) is 43.8 Å². The topological polar surface area (TPSA) is 47.0 Å². The molecule has 0 aliphatic carbocycles. The first-order chi connectivity index (χ1) is 16.7. The van der Waals surface area contributed by atoms with Crippen molar-refractivity contribution in [1.29, 1.82) is 0 Å². The number of alkyl halides is 6. The Morgan fingerprint density at radius 1 is 1.00 bits per heavy atom. The minimum atomic E-state index is -5.04. The molecule has 2 amide bonds. The van der Waals surface area contributed by atoms with Gasteiger partial charge in [0.05, 0.1) is 17.7 Å². The third-order valence-corrected chi connectivity index (χ3v) is 6.42. The van der Waals surface area contributed by atoms with Crippen molar-refractivity contribution < 1.29 is 40.6 Å². The van der Waals surface area contributed by atoms with E-state index in [0.717, 1.165) is 11.9 Å². The van der Waals surface area contributed by atoms with Crippen LogP contribution < -0.4 is 4.90 Å². The van der Waals surface area contributed by atoms with E-state index in [4.69, 9.17) is 0 Å². The summed E-state index contributed by atoms with van der Waals surface area (Å²) in [4.78, 5) is 17.3. The molecule has 37 heavy (non-hydrogen) atoms. The number of likely N-dealkylation sites (N-methyl/N-ethyl adjacent to an activating group) is 1. The number of carbonyl (C=O) groups is 1. The highest BCUT2D eigenvalue weighted by Gasteiger charge is 2.39. The first-order valence-electron chi connectivity index (χ1n) is 11.1. The van der Waals surface area contributed by atoms with E-state index in [2.05, 4.69) is 0 Å². The van der Waals surface area contributed by atoms with Crippen LogP contribution in [0.15, 0.2) is 42.5 Å². The summed E-state index contributed by atoms with van der Waals surface area (Å²) in [5, 5.41) is 9.31. The van der Waals surface area contributed by atoms with E-state index >= 15 is 0 Å². The molecule has 13 heteroatoms. The number of piperidine rings is 1. The Labute approximate surface area is 215 Å². The number of hydrogen-bond acceptors (Lipinski definition) is 3. The second kappa shape index (κ2) is 11.9. The number of carbonyl (C=O) groups excluding carboxylic acids is 1. The van der Waals surface area contributed by atoms with Gasteiger partial charge in [0.2, 0.25) is 0 Å². The van der Waals surface area contributed by atoms with Gasteiger partial charge in [0, 0.05) is 51.4 Å². The van der Waals surface area contributed by atoms with Crippen molar-refractivity contribution in [2.24, 2.45) is 0 Å². The zero-order valence-electron chi connectivity index (χ0n) is 20.0. The number of β-amino-alcohol motifs (C(OH)–C–C–N with tert-alkyl or cyclic N) is 1. The molecular weight excluding hydrogens is 531 g/mol. The van der Waals surface area contributed by atoms with Gasteiger partial charge in [-0.3, -0.25) is 4.90 Å². The highest BCUT2D eigenvalue weighted by atomic mass is 35.5. The maximum Gasteiger partial charge on any atom is 0.416 e. The molecule has 0 saturated carbocycles. The molecule has 0 unspecified atom stereocenters. The van der Waals surface area contributed by atoms with Gasteiger partial charge in [-0.2, -0.15) is 26.3 Å². The Kier molecular flexibility index (Phi) is 9.83. The van der Waals surface area contributed by atoms with Gasteiger partial charge in [0.1, 0.15) is 5.82 Å². The van der Waals surface area contributed by atoms with Gasteiger partial charge in [-0.1, -0.05) is 12.1 Å². The molecule has 2 atom stereocenters. The van der Waals surface area contributed by atoms with Crippen LogP contribution in [0.25, 0.3) is 0 Å². The number of nitrogens with zero attached hydrogens (tertiary/aromatic N) is 3. The summed E-state index contributed by atoms with van der Waals surface area (Å²) in [5.41, 5.74) is -2.87. The third kappa shape index (κ3) is 7.26. The molecule has 3 rings (SSSR count). The fourth-order valence-electron chi connectivity index (χ4n) is 4.47. The molecule has 206 valence electrons. The maximum absolute atomic E-state index is 13.5. The lowest BCUT2D eigenvalue weighted by Gasteiger charge is -2.43. The molecule has 0 radical (unpaired) electrons. The van der Waals surface area contributed by atoms with Crippen molar-refractivity contribution in [3.05, 3.63) is 65.0 Å². The van der Waals surface area contributed by atoms with Gasteiger partial charge >= 0.3 is 18.4 Å². The summed E-state index contributed by atoms with van der Waals surface area (Å²) in [6.45, 7) is 1.22. The highest BCUT2D eigenvalue weighted by molar-refractivity contribution is 5.91. The van der Waals surface area contributed by atoms with Crippen LogP contribution in [0.5, 0.6) is 0 Å². The summed E-state index contributed by atoms with van der Waals surface area (Å²) < 4.78 is 93.2. The van der Waals surface area contributed by atoms with Crippen molar-refractivity contribution in [1.82, 2.24) is 9.80 Å². The van der Waals surface area contributed by atoms with Crippen LogP contribution >= 0.6 is 12.4 Å². The third-order valence-electron chi connectivity index (χ3n) is 6.42. The Bertz CT molecular complexity index is 1030. The molecule has 2 aromatic rings. The standard InChI is InChI=1S/C24H26F7N3O2.ClH/c1-32(19-12-16(23(26,27)28)11-17(13-19)24(29,30)31)22(36)33(2)21-7-8-34(9-10-35)14-20(21)15-3-5-18(25)6-4-15;/h3-6,11-13,20-21,35H,7-10,14H2,1-2H3;1H/t20-,21+;/m0./s1. The van der Waals surface area contributed by atoms with Crippen molar-refractivity contribution in [3.63, 3.8) is 0 Å². The monoisotopic (exact) mass is 557 g/mol. The highest BCUT2D eigenvalue weighted by Crippen LogP contribution is 2.39. The Hall–Kier alpha value is -2.57. The van der Waals surface area contributed by atoms with E-state index in [9.17, 15) is 40.6 Å². The molecule has 1 aliphatic rings. The van der Waals surface area contributed by atoms with Gasteiger partial charge < -0.3 is 14.9 Å². The van der Waals surface area contributed by atoms with E-state index in [1.807, 2.05) is 4.90 Å². The molecule has 1 fully saturated rings. The van der Waals surface area contributed by atoms with Gasteiger partial charge in [0.15, 0.2) is 0 Å². The zero-order chi connectivity index (χ0) is 26.8. The molecule has 1 N–H and O–H groups in total. The van der Waals surface area contributed by atoms with Crippen LogP contribution in [0.3, 0.4) is 0 Å². The number of likely N-dealkylation sites (tertiary alicyclic amines) is 1. The molecule has 1 saturated heterocycles. The number of halogens is 8. The van der Waals surface area contributed by atoms with Crippen molar-refractivity contribution in [2.75, 3.05) is 45.2 Å². The lowest BCUT2D eigenvalue weighted by Crippen LogP contribution is -2.53. The predicted octanol–water partition coefficient (Wildman–Crippen LogP) is 5.62.